The van der Waals surface area contributed by atoms with Gasteiger partial charge in [0.2, 0.25) is 0 Å². The Balaban J connectivity index is 1.77. The van der Waals surface area contributed by atoms with Gasteiger partial charge in [0.15, 0.2) is 10.7 Å². The molecular formula is C20H12Cl2N2OS. The van der Waals surface area contributed by atoms with Crippen LogP contribution in [0.25, 0.3) is 22.3 Å². The highest BCUT2D eigenvalue weighted by Crippen LogP contribution is 2.28. The standard InChI is InChI=1S/C20H12Cl2N2OS/c21-14-6-7-16(22)15(12-14)18(25)9-8-17-19(13-4-2-1-3-5-13)23-20-24(17)10-11-26-20/h1-12H/b9-8+. The smallest absolute Gasteiger partial charge is 0.194 e. The Kier molecular flexibility index (Phi) is 4.64. The van der Waals surface area contributed by atoms with E-state index in [2.05, 4.69) is 0 Å². The predicted molar refractivity (Wildman–Crippen MR) is 108 cm³/mol. The number of halogens is 2. The molecule has 0 aliphatic heterocycles. The number of hydrogen-bond donors (Lipinski definition) is 0. The molecule has 0 aliphatic rings. The second-order valence-electron chi connectivity index (χ2n) is 5.59. The molecule has 0 saturated carbocycles. The van der Waals surface area contributed by atoms with Crippen LogP contribution in [0.4, 0.5) is 0 Å². The zero-order chi connectivity index (χ0) is 18.1. The molecule has 0 bridgehead atoms. The summed E-state index contributed by atoms with van der Waals surface area (Å²) in [7, 11) is 0. The van der Waals surface area contributed by atoms with Gasteiger partial charge >= 0.3 is 0 Å². The first-order valence-corrected chi connectivity index (χ1v) is 9.45. The van der Waals surface area contributed by atoms with Crippen molar-refractivity contribution < 1.29 is 4.79 Å². The van der Waals surface area contributed by atoms with Gasteiger partial charge in [-0.3, -0.25) is 9.20 Å². The third-order valence-corrected chi connectivity index (χ3v) is 5.25. The normalized spacial score (nSPS) is 11.5. The molecule has 2 aromatic carbocycles. The van der Waals surface area contributed by atoms with Crippen molar-refractivity contribution in [1.29, 1.82) is 0 Å². The van der Waals surface area contributed by atoms with E-state index in [9.17, 15) is 4.79 Å². The van der Waals surface area contributed by atoms with Crippen LogP contribution in [0.5, 0.6) is 0 Å². The zero-order valence-corrected chi connectivity index (χ0v) is 15.7. The highest BCUT2D eigenvalue weighted by molar-refractivity contribution is 7.15. The minimum atomic E-state index is -0.207. The van der Waals surface area contributed by atoms with Gasteiger partial charge in [0.25, 0.3) is 0 Å². The number of benzene rings is 2. The molecule has 4 rings (SSSR count). The van der Waals surface area contributed by atoms with Crippen molar-refractivity contribution in [1.82, 2.24) is 9.38 Å². The first kappa shape index (κ1) is 17.0. The van der Waals surface area contributed by atoms with Gasteiger partial charge in [-0.05, 0) is 30.4 Å². The lowest BCUT2D eigenvalue weighted by molar-refractivity contribution is 0.104. The number of hydrogen-bond acceptors (Lipinski definition) is 3. The molecule has 0 fully saturated rings. The van der Waals surface area contributed by atoms with E-state index in [1.54, 1.807) is 35.6 Å². The number of aromatic nitrogens is 2. The second-order valence-corrected chi connectivity index (χ2v) is 7.31. The van der Waals surface area contributed by atoms with Crippen LogP contribution in [-0.4, -0.2) is 15.2 Å². The number of carbonyl (C=O) groups excluding carboxylic acids is 1. The fraction of sp³-hybridized carbons (Fsp3) is 0. The SMILES string of the molecule is O=C(/C=C/c1c(-c2ccccc2)nc2sccn12)c1cc(Cl)ccc1Cl. The molecular weight excluding hydrogens is 387 g/mol. The summed E-state index contributed by atoms with van der Waals surface area (Å²) < 4.78 is 1.97. The molecule has 0 unspecified atom stereocenters. The van der Waals surface area contributed by atoms with Gasteiger partial charge < -0.3 is 0 Å². The monoisotopic (exact) mass is 398 g/mol. The summed E-state index contributed by atoms with van der Waals surface area (Å²) in [5.41, 5.74) is 3.05. The lowest BCUT2D eigenvalue weighted by Crippen LogP contribution is -1.96. The Morgan fingerprint density at radius 3 is 2.73 bits per heavy atom. The Labute approximate surface area is 164 Å². The van der Waals surface area contributed by atoms with Gasteiger partial charge in [0.1, 0.15) is 0 Å². The number of allylic oxidation sites excluding steroid dienone is 1. The number of imidazole rings is 1. The molecule has 26 heavy (non-hydrogen) atoms. The number of nitrogens with zero attached hydrogens (tertiary/aromatic N) is 2. The lowest BCUT2D eigenvalue weighted by atomic mass is 10.1. The van der Waals surface area contributed by atoms with Crippen molar-refractivity contribution in [3.8, 4) is 11.3 Å². The molecule has 0 N–H and O–H groups in total. The topological polar surface area (TPSA) is 34.4 Å². The van der Waals surface area contributed by atoms with Gasteiger partial charge in [-0.1, -0.05) is 53.5 Å². The van der Waals surface area contributed by atoms with Crippen LogP contribution in [0.15, 0.2) is 66.2 Å². The van der Waals surface area contributed by atoms with Crippen LogP contribution in [0.3, 0.4) is 0 Å². The minimum Gasteiger partial charge on any atom is -0.290 e. The molecule has 2 aromatic heterocycles. The van der Waals surface area contributed by atoms with Crippen molar-refractivity contribution in [2.24, 2.45) is 0 Å². The van der Waals surface area contributed by atoms with Crippen LogP contribution in [0.2, 0.25) is 10.0 Å². The average molecular weight is 399 g/mol. The minimum absolute atomic E-state index is 0.207. The number of fused-ring (bicyclic) bond motifs is 1. The first-order chi connectivity index (χ1) is 12.6. The van der Waals surface area contributed by atoms with E-state index in [-0.39, 0.29) is 5.78 Å². The molecule has 0 aliphatic carbocycles. The van der Waals surface area contributed by atoms with Crippen LogP contribution in [0.1, 0.15) is 16.1 Å². The van der Waals surface area contributed by atoms with Gasteiger partial charge in [0.05, 0.1) is 16.4 Å². The molecule has 4 aromatic rings. The largest absolute Gasteiger partial charge is 0.290 e. The molecule has 2 heterocycles. The van der Waals surface area contributed by atoms with E-state index >= 15 is 0 Å². The number of rotatable bonds is 4. The summed E-state index contributed by atoms with van der Waals surface area (Å²) in [5.74, 6) is -0.207. The van der Waals surface area contributed by atoms with Crippen LogP contribution >= 0.6 is 34.5 Å². The Morgan fingerprint density at radius 2 is 1.92 bits per heavy atom. The van der Waals surface area contributed by atoms with E-state index in [0.717, 1.165) is 21.9 Å². The summed E-state index contributed by atoms with van der Waals surface area (Å²) in [6.45, 7) is 0. The number of ketones is 1. The van der Waals surface area contributed by atoms with Crippen LogP contribution in [-0.2, 0) is 0 Å². The maximum Gasteiger partial charge on any atom is 0.194 e. The second kappa shape index (κ2) is 7.08. The molecule has 128 valence electrons. The predicted octanol–water partition coefficient (Wildman–Crippen LogP) is 6.27. The van der Waals surface area contributed by atoms with Crippen molar-refractivity contribution in [3.63, 3.8) is 0 Å². The van der Waals surface area contributed by atoms with Crippen molar-refractivity contribution in [2.75, 3.05) is 0 Å². The Morgan fingerprint density at radius 1 is 1.12 bits per heavy atom. The van der Waals surface area contributed by atoms with E-state index in [1.165, 1.54) is 6.08 Å². The summed E-state index contributed by atoms with van der Waals surface area (Å²) >= 11 is 13.7. The Hall–Kier alpha value is -2.40. The third kappa shape index (κ3) is 3.19. The van der Waals surface area contributed by atoms with Crippen molar-refractivity contribution >= 4 is 51.4 Å². The number of thiazole rings is 1. The fourth-order valence-corrected chi connectivity index (χ4v) is 3.81. The van der Waals surface area contributed by atoms with Gasteiger partial charge in [-0.2, -0.15) is 0 Å². The molecule has 0 atom stereocenters. The van der Waals surface area contributed by atoms with Crippen molar-refractivity contribution in [2.45, 2.75) is 0 Å². The van der Waals surface area contributed by atoms with E-state index in [4.69, 9.17) is 28.2 Å². The van der Waals surface area contributed by atoms with Gasteiger partial charge in [-0.15, -0.1) is 11.3 Å². The Bertz CT molecular complexity index is 1130. The number of carbonyl (C=O) groups is 1. The van der Waals surface area contributed by atoms with E-state index < -0.39 is 0 Å². The van der Waals surface area contributed by atoms with Crippen LogP contribution < -0.4 is 0 Å². The maximum absolute atomic E-state index is 12.6. The summed E-state index contributed by atoms with van der Waals surface area (Å²) in [6.07, 6.45) is 5.22. The molecule has 3 nitrogen and oxygen atoms in total. The summed E-state index contributed by atoms with van der Waals surface area (Å²) in [4.78, 5) is 18.1. The van der Waals surface area contributed by atoms with E-state index in [1.807, 2.05) is 46.3 Å². The average Bonchev–Trinajstić information content (AvgIpc) is 3.24. The zero-order valence-electron chi connectivity index (χ0n) is 13.4. The van der Waals surface area contributed by atoms with Crippen LogP contribution in [0, 0.1) is 0 Å². The fourth-order valence-electron chi connectivity index (χ4n) is 2.70. The molecule has 0 radical (unpaired) electrons. The molecule has 6 heteroatoms. The third-order valence-electron chi connectivity index (χ3n) is 3.93. The molecule has 0 spiro atoms. The summed E-state index contributed by atoms with van der Waals surface area (Å²) in [5, 5.41) is 2.81. The van der Waals surface area contributed by atoms with Crippen molar-refractivity contribution in [3.05, 3.63) is 87.5 Å². The maximum atomic E-state index is 12.6. The van der Waals surface area contributed by atoms with Gasteiger partial charge in [0, 0.05) is 27.7 Å². The lowest BCUT2D eigenvalue weighted by Gasteiger charge is -2.02. The van der Waals surface area contributed by atoms with E-state index in [0.29, 0.717) is 15.6 Å². The van der Waals surface area contributed by atoms with Gasteiger partial charge in [-0.25, -0.2) is 4.98 Å². The summed E-state index contributed by atoms with van der Waals surface area (Å²) in [6, 6.07) is 14.7. The quantitative estimate of drug-likeness (QED) is 0.300. The highest BCUT2D eigenvalue weighted by Gasteiger charge is 2.14. The highest BCUT2D eigenvalue weighted by atomic mass is 35.5. The molecule has 0 saturated heterocycles. The molecule has 0 amide bonds. The first-order valence-electron chi connectivity index (χ1n) is 7.82.